The number of anilines is 1. The van der Waals surface area contributed by atoms with E-state index in [-0.39, 0.29) is 18.4 Å². The lowest BCUT2D eigenvalue weighted by atomic mass is 10.2. The number of rotatable bonds is 5. The first-order valence-electron chi connectivity index (χ1n) is 6.95. The molecular weight excluding hydrogens is 264 g/mol. The third-order valence-corrected chi connectivity index (χ3v) is 3.20. The first kappa shape index (κ1) is 15.0. The van der Waals surface area contributed by atoms with E-state index in [4.69, 9.17) is 5.73 Å². The standard InChI is InChI=1S/C16H20N4O/c1-12(2)20(11-13-4-3-7-18-9-13)16(21)8-15-6-5-14(17)10-19-15/h3-7,9-10,12H,8,11,17H2,1-2H3. The molecule has 0 bridgehead atoms. The number of hydrogen-bond donors (Lipinski definition) is 1. The molecule has 2 aromatic rings. The molecule has 0 spiro atoms. The number of carbonyl (C=O) groups excluding carboxylic acids is 1. The largest absolute Gasteiger partial charge is 0.397 e. The van der Waals surface area contributed by atoms with Crippen LogP contribution < -0.4 is 5.73 Å². The second-order valence-electron chi connectivity index (χ2n) is 5.24. The van der Waals surface area contributed by atoms with E-state index in [0.29, 0.717) is 12.2 Å². The van der Waals surface area contributed by atoms with Gasteiger partial charge in [-0.3, -0.25) is 14.8 Å². The van der Waals surface area contributed by atoms with Crippen molar-refractivity contribution in [2.45, 2.75) is 32.9 Å². The number of nitrogens with two attached hydrogens (primary N) is 1. The van der Waals surface area contributed by atoms with Gasteiger partial charge in [0, 0.05) is 30.7 Å². The first-order chi connectivity index (χ1) is 10.1. The molecule has 0 saturated carbocycles. The van der Waals surface area contributed by atoms with E-state index >= 15 is 0 Å². The van der Waals surface area contributed by atoms with E-state index in [1.54, 1.807) is 30.7 Å². The highest BCUT2D eigenvalue weighted by Gasteiger charge is 2.18. The maximum atomic E-state index is 12.5. The monoisotopic (exact) mass is 284 g/mol. The van der Waals surface area contributed by atoms with Crippen LogP contribution in [0.3, 0.4) is 0 Å². The maximum Gasteiger partial charge on any atom is 0.229 e. The first-order valence-corrected chi connectivity index (χ1v) is 6.95. The van der Waals surface area contributed by atoms with Gasteiger partial charge in [0.25, 0.3) is 0 Å². The maximum absolute atomic E-state index is 12.5. The van der Waals surface area contributed by atoms with Crippen molar-refractivity contribution in [1.82, 2.24) is 14.9 Å². The zero-order chi connectivity index (χ0) is 15.2. The Kier molecular flexibility index (Phi) is 4.87. The molecule has 2 heterocycles. The van der Waals surface area contributed by atoms with Crippen molar-refractivity contribution in [3.05, 3.63) is 54.1 Å². The highest BCUT2D eigenvalue weighted by Crippen LogP contribution is 2.10. The Morgan fingerprint density at radius 3 is 2.67 bits per heavy atom. The predicted molar refractivity (Wildman–Crippen MR) is 82.3 cm³/mol. The molecule has 110 valence electrons. The Balaban J connectivity index is 2.07. The number of nitrogen functional groups attached to an aromatic ring is 1. The van der Waals surface area contributed by atoms with Gasteiger partial charge in [0.1, 0.15) is 0 Å². The van der Waals surface area contributed by atoms with Crippen LogP contribution >= 0.6 is 0 Å². The summed E-state index contributed by atoms with van der Waals surface area (Å²) >= 11 is 0. The lowest BCUT2D eigenvalue weighted by Gasteiger charge is -2.26. The molecule has 1 amide bonds. The molecular formula is C16H20N4O. The summed E-state index contributed by atoms with van der Waals surface area (Å²) in [5.41, 5.74) is 7.95. The van der Waals surface area contributed by atoms with Gasteiger partial charge in [0.15, 0.2) is 0 Å². The van der Waals surface area contributed by atoms with E-state index in [9.17, 15) is 4.79 Å². The van der Waals surface area contributed by atoms with Gasteiger partial charge >= 0.3 is 0 Å². The summed E-state index contributed by atoms with van der Waals surface area (Å²) in [5, 5.41) is 0. The number of carbonyl (C=O) groups is 1. The van der Waals surface area contributed by atoms with Gasteiger partial charge in [-0.1, -0.05) is 6.07 Å². The summed E-state index contributed by atoms with van der Waals surface area (Å²) < 4.78 is 0. The van der Waals surface area contributed by atoms with Gasteiger partial charge in [-0.05, 0) is 37.6 Å². The molecule has 0 fully saturated rings. The molecule has 0 atom stereocenters. The summed E-state index contributed by atoms with van der Waals surface area (Å²) in [4.78, 5) is 22.6. The average molecular weight is 284 g/mol. The fourth-order valence-corrected chi connectivity index (χ4v) is 2.04. The lowest BCUT2D eigenvalue weighted by molar-refractivity contribution is -0.132. The summed E-state index contributed by atoms with van der Waals surface area (Å²) in [6, 6.07) is 7.51. The Hall–Kier alpha value is -2.43. The van der Waals surface area contributed by atoms with Crippen LogP contribution in [0.25, 0.3) is 0 Å². The molecule has 0 radical (unpaired) electrons. The van der Waals surface area contributed by atoms with Crippen LogP contribution in [0.5, 0.6) is 0 Å². The molecule has 0 saturated heterocycles. The van der Waals surface area contributed by atoms with E-state index in [2.05, 4.69) is 9.97 Å². The number of pyridine rings is 2. The Labute approximate surface area is 124 Å². The molecule has 0 aromatic carbocycles. The molecule has 0 aliphatic heterocycles. The molecule has 2 N–H and O–H groups in total. The molecule has 2 aromatic heterocycles. The Morgan fingerprint density at radius 2 is 2.10 bits per heavy atom. The Bertz CT molecular complexity index is 581. The van der Waals surface area contributed by atoms with Crippen LogP contribution in [0.2, 0.25) is 0 Å². The minimum atomic E-state index is 0.0473. The van der Waals surface area contributed by atoms with Crippen LogP contribution in [0, 0.1) is 0 Å². The van der Waals surface area contributed by atoms with Crippen molar-refractivity contribution in [2.75, 3.05) is 5.73 Å². The van der Waals surface area contributed by atoms with Gasteiger partial charge < -0.3 is 10.6 Å². The molecule has 0 unspecified atom stereocenters. The zero-order valence-electron chi connectivity index (χ0n) is 12.4. The molecule has 2 rings (SSSR count). The van der Waals surface area contributed by atoms with Gasteiger partial charge in [0.05, 0.1) is 18.3 Å². The van der Waals surface area contributed by atoms with Crippen LogP contribution in [0.4, 0.5) is 5.69 Å². The average Bonchev–Trinajstić information content (AvgIpc) is 2.48. The van der Waals surface area contributed by atoms with Crippen LogP contribution in [0.1, 0.15) is 25.1 Å². The van der Waals surface area contributed by atoms with Crippen molar-refractivity contribution in [1.29, 1.82) is 0 Å². The van der Waals surface area contributed by atoms with E-state index < -0.39 is 0 Å². The number of amides is 1. The molecule has 0 aliphatic carbocycles. The van der Waals surface area contributed by atoms with Crippen molar-refractivity contribution in [2.24, 2.45) is 0 Å². The predicted octanol–water partition coefficient (Wildman–Crippen LogP) is 2.04. The van der Waals surface area contributed by atoms with E-state index in [0.717, 1.165) is 11.3 Å². The van der Waals surface area contributed by atoms with Gasteiger partial charge in [-0.2, -0.15) is 0 Å². The highest BCUT2D eigenvalue weighted by atomic mass is 16.2. The fraction of sp³-hybridized carbons (Fsp3) is 0.312. The third kappa shape index (κ3) is 4.27. The second-order valence-corrected chi connectivity index (χ2v) is 5.24. The normalized spacial score (nSPS) is 10.6. The minimum absolute atomic E-state index is 0.0473. The minimum Gasteiger partial charge on any atom is -0.397 e. The molecule has 5 heteroatoms. The second kappa shape index (κ2) is 6.83. The van der Waals surface area contributed by atoms with E-state index in [1.165, 1.54) is 0 Å². The van der Waals surface area contributed by atoms with Gasteiger partial charge in [-0.15, -0.1) is 0 Å². The molecule has 5 nitrogen and oxygen atoms in total. The SMILES string of the molecule is CC(C)N(Cc1cccnc1)C(=O)Cc1ccc(N)cn1. The summed E-state index contributed by atoms with van der Waals surface area (Å²) in [7, 11) is 0. The number of aromatic nitrogens is 2. The van der Waals surface area contributed by atoms with Gasteiger partial charge in [0.2, 0.25) is 5.91 Å². The van der Waals surface area contributed by atoms with Crippen LogP contribution in [-0.4, -0.2) is 26.8 Å². The van der Waals surface area contributed by atoms with Crippen molar-refractivity contribution < 1.29 is 4.79 Å². The number of hydrogen-bond acceptors (Lipinski definition) is 4. The van der Waals surface area contributed by atoms with Crippen LogP contribution in [-0.2, 0) is 17.8 Å². The van der Waals surface area contributed by atoms with Crippen LogP contribution in [0.15, 0.2) is 42.9 Å². The molecule has 21 heavy (non-hydrogen) atoms. The molecule has 0 aliphatic rings. The highest BCUT2D eigenvalue weighted by molar-refractivity contribution is 5.78. The van der Waals surface area contributed by atoms with Crippen molar-refractivity contribution in [3.8, 4) is 0 Å². The Morgan fingerprint density at radius 1 is 1.29 bits per heavy atom. The smallest absolute Gasteiger partial charge is 0.229 e. The fourth-order valence-electron chi connectivity index (χ4n) is 2.04. The lowest BCUT2D eigenvalue weighted by Crippen LogP contribution is -2.37. The third-order valence-electron chi connectivity index (χ3n) is 3.20. The summed E-state index contributed by atoms with van der Waals surface area (Å²) in [6.07, 6.45) is 5.36. The van der Waals surface area contributed by atoms with Gasteiger partial charge in [-0.25, -0.2) is 0 Å². The van der Waals surface area contributed by atoms with E-state index in [1.807, 2.05) is 30.9 Å². The summed E-state index contributed by atoms with van der Waals surface area (Å²) in [5.74, 6) is 0.0473. The summed E-state index contributed by atoms with van der Waals surface area (Å²) in [6.45, 7) is 4.56. The van der Waals surface area contributed by atoms with Crippen molar-refractivity contribution in [3.63, 3.8) is 0 Å². The van der Waals surface area contributed by atoms with Crippen molar-refractivity contribution >= 4 is 11.6 Å². The number of nitrogens with zero attached hydrogens (tertiary/aromatic N) is 3. The quantitative estimate of drug-likeness (QED) is 0.912. The zero-order valence-corrected chi connectivity index (χ0v) is 12.4. The topological polar surface area (TPSA) is 72.1 Å².